The summed E-state index contributed by atoms with van der Waals surface area (Å²) < 4.78 is 9.06. The Bertz CT molecular complexity index is 639. The van der Waals surface area contributed by atoms with Gasteiger partial charge in [0.25, 0.3) is 5.91 Å². The first-order chi connectivity index (χ1) is 15.6. The summed E-state index contributed by atoms with van der Waals surface area (Å²) >= 11 is 0. The van der Waals surface area contributed by atoms with Gasteiger partial charge in [-0.15, -0.1) is 6.58 Å². The number of nitrogens with one attached hydrogen (secondary N) is 1. The summed E-state index contributed by atoms with van der Waals surface area (Å²) in [5.41, 5.74) is 0.505. The van der Waals surface area contributed by atoms with Gasteiger partial charge in [-0.2, -0.15) is 0 Å². The van der Waals surface area contributed by atoms with E-state index in [4.69, 9.17) is 0 Å². The van der Waals surface area contributed by atoms with Crippen molar-refractivity contribution in [1.29, 1.82) is 0 Å². The standard InChI is InChI=1S/C13H15NO3.C6H12O2.C3H6O.2C2H6/c1-3-7-11(13(16)17-2)14-12(15)10-8-5-4-6-9-10;1-4-5(2)6(7)8-3;1-3(2)4;2*1-2/h3-6,8-9,11H,1,7H2,2H3,(H,14,15);5H,4H2,1-3H3;1-2H3;2*1-2H3/t11-;5-;;;/m00.../s1. The van der Waals surface area contributed by atoms with Crippen molar-refractivity contribution >= 4 is 23.6 Å². The molecule has 2 atom stereocenters. The second-order valence-corrected chi connectivity index (χ2v) is 6.18. The molecule has 0 spiro atoms. The molecule has 0 unspecified atom stereocenters. The first-order valence-electron chi connectivity index (χ1n) is 11.2. The highest BCUT2D eigenvalue weighted by Crippen LogP contribution is 2.02. The van der Waals surface area contributed by atoms with E-state index in [1.807, 2.05) is 47.6 Å². The van der Waals surface area contributed by atoms with E-state index in [0.29, 0.717) is 12.0 Å². The summed E-state index contributed by atoms with van der Waals surface area (Å²) in [6.45, 7) is 18.4. The molecule has 0 aliphatic carbocycles. The SMILES string of the molecule is C=CC[C@H](NC(=O)c1ccccc1)C(=O)OC.CC.CC.CC(C)=O.CC[C@H](C)C(=O)OC. The van der Waals surface area contributed by atoms with Crippen LogP contribution in [-0.4, -0.2) is 43.9 Å². The van der Waals surface area contributed by atoms with E-state index < -0.39 is 12.0 Å². The predicted molar refractivity (Wildman–Crippen MR) is 135 cm³/mol. The molecule has 0 radical (unpaired) electrons. The van der Waals surface area contributed by atoms with Crippen LogP contribution in [0.3, 0.4) is 0 Å². The molecule has 1 rings (SSSR count). The first-order valence-corrected chi connectivity index (χ1v) is 11.2. The number of rotatable bonds is 7. The molecule has 0 aliphatic heterocycles. The predicted octanol–water partition coefficient (Wildman–Crippen LogP) is 5.39. The van der Waals surface area contributed by atoms with E-state index in [-0.39, 0.29) is 23.6 Å². The lowest BCUT2D eigenvalue weighted by molar-refractivity contribution is -0.145. The van der Waals surface area contributed by atoms with Crippen LogP contribution in [0.15, 0.2) is 43.0 Å². The number of ether oxygens (including phenoxy) is 2. The highest BCUT2D eigenvalue weighted by atomic mass is 16.5. The Balaban J connectivity index is -0.000000219. The van der Waals surface area contributed by atoms with Crippen molar-refractivity contribution < 1.29 is 28.7 Å². The number of benzene rings is 1. The fraction of sp³-hybridized carbons (Fsp3) is 0.538. The molecule has 0 aliphatic rings. The van der Waals surface area contributed by atoms with Crippen LogP contribution in [0.5, 0.6) is 0 Å². The van der Waals surface area contributed by atoms with Crippen molar-refractivity contribution in [2.45, 2.75) is 74.3 Å². The van der Waals surface area contributed by atoms with Gasteiger partial charge in [0.2, 0.25) is 0 Å². The second-order valence-electron chi connectivity index (χ2n) is 6.18. The molecule has 1 aromatic rings. The maximum atomic E-state index is 11.8. The third-order valence-corrected chi connectivity index (χ3v) is 3.45. The minimum Gasteiger partial charge on any atom is -0.469 e. The highest BCUT2D eigenvalue weighted by Gasteiger charge is 2.20. The fourth-order valence-electron chi connectivity index (χ4n) is 1.72. The molecule has 7 heteroatoms. The van der Waals surface area contributed by atoms with Gasteiger partial charge in [0.05, 0.1) is 20.1 Å². The van der Waals surface area contributed by atoms with Crippen molar-refractivity contribution in [2.24, 2.45) is 5.92 Å². The van der Waals surface area contributed by atoms with Gasteiger partial charge in [0.15, 0.2) is 0 Å². The van der Waals surface area contributed by atoms with Gasteiger partial charge in [0.1, 0.15) is 11.8 Å². The molecule has 190 valence electrons. The summed E-state index contributed by atoms with van der Waals surface area (Å²) in [4.78, 5) is 43.1. The molecule has 1 N–H and O–H groups in total. The Labute approximate surface area is 200 Å². The van der Waals surface area contributed by atoms with Gasteiger partial charge in [-0.1, -0.05) is 65.8 Å². The molecule has 1 aromatic carbocycles. The van der Waals surface area contributed by atoms with Crippen LogP contribution < -0.4 is 5.32 Å². The lowest BCUT2D eigenvalue weighted by Crippen LogP contribution is -2.41. The van der Waals surface area contributed by atoms with Crippen molar-refractivity contribution in [3.8, 4) is 0 Å². The molecule has 0 saturated carbocycles. The summed E-state index contributed by atoms with van der Waals surface area (Å²) in [5, 5.41) is 2.60. The topological polar surface area (TPSA) is 98.8 Å². The van der Waals surface area contributed by atoms with Crippen LogP contribution in [0.4, 0.5) is 0 Å². The Kier molecular flexibility index (Phi) is 30.7. The van der Waals surface area contributed by atoms with Crippen LogP contribution in [0.25, 0.3) is 0 Å². The van der Waals surface area contributed by atoms with Gasteiger partial charge in [-0.3, -0.25) is 9.59 Å². The normalized spacial score (nSPS) is 10.1. The largest absolute Gasteiger partial charge is 0.469 e. The Hall–Kier alpha value is -2.96. The quantitative estimate of drug-likeness (QED) is 0.426. The van der Waals surface area contributed by atoms with E-state index in [1.54, 1.807) is 30.3 Å². The smallest absolute Gasteiger partial charge is 0.328 e. The molecule has 0 fully saturated rings. The third kappa shape index (κ3) is 23.5. The van der Waals surface area contributed by atoms with E-state index in [9.17, 15) is 19.2 Å². The van der Waals surface area contributed by atoms with Crippen molar-refractivity contribution in [2.75, 3.05) is 14.2 Å². The number of Topliss-reactive ketones (excluding diaryl/α,β-unsaturated/α-hetero) is 1. The highest BCUT2D eigenvalue weighted by molar-refractivity contribution is 5.96. The van der Waals surface area contributed by atoms with Crippen molar-refractivity contribution in [3.63, 3.8) is 0 Å². The number of hydrogen-bond donors (Lipinski definition) is 1. The zero-order chi connectivity index (χ0) is 26.8. The number of ketones is 1. The average molecular weight is 468 g/mol. The van der Waals surface area contributed by atoms with E-state index in [1.165, 1.54) is 28.1 Å². The van der Waals surface area contributed by atoms with E-state index in [0.717, 1.165) is 6.42 Å². The minimum atomic E-state index is -0.690. The van der Waals surface area contributed by atoms with E-state index in [2.05, 4.69) is 21.4 Å². The molecule has 33 heavy (non-hydrogen) atoms. The number of amides is 1. The van der Waals surface area contributed by atoms with Crippen LogP contribution in [0.2, 0.25) is 0 Å². The van der Waals surface area contributed by atoms with E-state index >= 15 is 0 Å². The Morgan fingerprint density at radius 1 is 0.939 bits per heavy atom. The van der Waals surface area contributed by atoms with Crippen LogP contribution >= 0.6 is 0 Å². The third-order valence-electron chi connectivity index (χ3n) is 3.45. The number of esters is 2. The summed E-state index contributed by atoms with van der Waals surface area (Å²) in [6.07, 6.45) is 2.75. The number of hydrogen-bond acceptors (Lipinski definition) is 6. The summed E-state index contributed by atoms with van der Waals surface area (Å²) in [6, 6.07) is 8.00. The number of methoxy groups -OCH3 is 2. The zero-order valence-corrected chi connectivity index (χ0v) is 22.2. The van der Waals surface area contributed by atoms with Gasteiger partial charge in [-0.05, 0) is 38.8 Å². The molecule has 0 saturated heterocycles. The Morgan fingerprint density at radius 2 is 1.36 bits per heavy atom. The lowest BCUT2D eigenvalue weighted by Gasteiger charge is -2.14. The fourth-order valence-corrected chi connectivity index (χ4v) is 1.72. The lowest BCUT2D eigenvalue weighted by atomic mass is 10.1. The minimum absolute atomic E-state index is 0.0556. The molecular weight excluding hydrogens is 422 g/mol. The Morgan fingerprint density at radius 3 is 1.67 bits per heavy atom. The second kappa shape index (κ2) is 27.1. The van der Waals surface area contributed by atoms with Gasteiger partial charge in [0, 0.05) is 5.56 Å². The van der Waals surface area contributed by atoms with Gasteiger partial charge >= 0.3 is 11.9 Å². The molecule has 0 bridgehead atoms. The average Bonchev–Trinajstić information content (AvgIpc) is 2.85. The zero-order valence-electron chi connectivity index (χ0n) is 22.2. The molecule has 7 nitrogen and oxygen atoms in total. The molecular formula is C26H45NO6. The van der Waals surface area contributed by atoms with Gasteiger partial charge in [-0.25, -0.2) is 4.79 Å². The number of carbonyl (C=O) groups excluding carboxylic acids is 4. The molecule has 0 aromatic heterocycles. The monoisotopic (exact) mass is 467 g/mol. The van der Waals surface area contributed by atoms with Gasteiger partial charge < -0.3 is 19.6 Å². The molecule has 1 amide bonds. The first kappa shape index (κ1) is 37.4. The van der Waals surface area contributed by atoms with Crippen LogP contribution in [-0.2, 0) is 23.9 Å². The summed E-state index contributed by atoms with van der Waals surface area (Å²) in [5.74, 6) is -0.676. The maximum absolute atomic E-state index is 11.8. The van der Waals surface area contributed by atoms with Crippen molar-refractivity contribution in [3.05, 3.63) is 48.6 Å². The summed E-state index contributed by atoms with van der Waals surface area (Å²) in [7, 11) is 2.70. The maximum Gasteiger partial charge on any atom is 0.328 e. The van der Waals surface area contributed by atoms with Crippen LogP contribution in [0.1, 0.15) is 78.6 Å². The van der Waals surface area contributed by atoms with Crippen LogP contribution in [0, 0.1) is 5.92 Å². The van der Waals surface area contributed by atoms with Crippen molar-refractivity contribution in [1.82, 2.24) is 5.32 Å². The molecule has 0 heterocycles. The number of carbonyl (C=O) groups is 4.